The van der Waals surface area contributed by atoms with Gasteiger partial charge in [-0.25, -0.2) is 0 Å². The van der Waals surface area contributed by atoms with Gasteiger partial charge >= 0.3 is 0 Å². The number of nitriles is 1. The predicted octanol–water partition coefficient (Wildman–Crippen LogP) is 3.26. The van der Waals surface area contributed by atoms with Crippen LogP contribution in [0.4, 0.5) is 0 Å². The molecule has 1 saturated heterocycles. The van der Waals surface area contributed by atoms with Gasteiger partial charge in [0.05, 0.1) is 11.5 Å². The molecule has 0 bridgehead atoms. The zero-order valence-corrected chi connectivity index (χ0v) is 17.1. The molecule has 1 aromatic carbocycles. The highest BCUT2D eigenvalue weighted by atomic mass is 16.5. The van der Waals surface area contributed by atoms with E-state index >= 15 is 0 Å². The summed E-state index contributed by atoms with van der Waals surface area (Å²) in [6.07, 6.45) is 3.27. The summed E-state index contributed by atoms with van der Waals surface area (Å²) in [5.41, 5.74) is -0.257. The molecule has 1 saturated carbocycles. The van der Waals surface area contributed by atoms with E-state index in [1.807, 2.05) is 36.1 Å². The van der Waals surface area contributed by atoms with Gasteiger partial charge < -0.3 is 14.5 Å². The van der Waals surface area contributed by atoms with Crippen molar-refractivity contribution >= 4 is 5.91 Å². The van der Waals surface area contributed by atoms with Crippen molar-refractivity contribution in [1.82, 2.24) is 15.0 Å². The van der Waals surface area contributed by atoms with Gasteiger partial charge in [-0.1, -0.05) is 23.4 Å². The number of aromatic nitrogens is 2. The van der Waals surface area contributed by atoms with Crippen molar-refractivity contribution in [3.05, 3.63) is 47.1 Å². The van der Waals surface area contributed by atoms with Gasteiger partial charge in [0, 0.05) is 24.1 Å². The van der Waals surface area contributed by atoms with Gasteiger partial charge in [0.25, 0.3) is 11.8 Å². The third-order valence-electron chi connectivity index (χ3n) is 6.11. The summed E-state index contributed by atoms with van der Waals surface area (Å²) in [7, 11) is 0. The Kier molecular flexibility index (Phi) is 4.70. The molecule has 4 rings (SSSR count). The van der Waals surface area contributed by atoms with Gasteiger partial charge in [0.2, 0.25) is 0 Å². The molecule has 2 atom stereocenters. The molecule has 1 aliphatic carbocycles. The Labute approximate surface area is 170 Å². The maximum atomic E-state index is 13.5. The van der Waals surface area contributed by atoms with Gasteiger partial charge in [-0.3, -0.25) is 4.79 Å². The summed E-state index contributed by atoms with van der Waals surface area (Å²) in [6, 6.07) is 9.97. The van der Waals surface area contributed by atoms with Crippen LogP contribution in [0.3, 0.4) is 0 Å². The average molecular weight is 394 g/mol. The molecule has 7 nitrogen and oxygen atoms in total. The van der Waals surface area contributed by atoms with Crippen LogP contribution in [0.2, 0.25) is 0 Å². The highest BCUT2D eigenvalue weighted by Crippen LogP contribution is 2.49. The number of aliphatic hydroxyl groups is 1. The van der Waals surface area contributed by atoms with Crippen molar-refractivity contribution in [2.24, 2.45) is 0 Å². The minimum absolute atomic E-state index is 0.0481. The Hall–Kier alpha value is -2.72. The molecule has 0 spiro atoms. The van der Waals surface area contributed by atoms with Crippen molar-refractivity contribution in [3.8, 4) is 6.07 Å². The molecule has 2 aromatic rings. The second-order valence-electron chi connectivity index (χ2n) is 8.84. The molecule has 0 unspecified atom stereocenters. The molecule has 2 fully saturated rings. The zero-order chi connectivity index (χ0) is 20.8. The van der Waals surface area contributed by atoms with E-state index in [0.717, 1.165) is 31.2 Å². The van der Waals surface area contributed by atoms with Crippen LogP contribution in [0.15, 0.2) is 28.8 Å². The van der Waals surface area contributed by atoms with Crippen molar-refractivity contribution in [2.45, 2.75) is 69.4 Å². The fourth-order valence-electron chi connectivity index (χ4n) is 4.06. The molecule has 1 aromatic heterocycles. The number of hydrogen-bond acceptors (Lipinski definition) is 6. The van der Waals surface area contributed by atoms with Crippen LogP contribution in [0, 0.1) is 11.3 Å². The number of carbonyl (C=O) groups excluding carboxylic acids is 1. The highest BCUT2D eigenvalue weighted by molar-refractivity contribution is 5.96. The maximum absolute atomic E-state index is 13.5. The van der Waals surface area contributed by atoms with Crippen molar-refractivity contribution in [3.63, 3.8) is 0 Å². The second kappa shape index (κ2) is 6.96. The fourth-order valence-corrected chi connectivity index (χ4v) is 4.06. The fraction of sp³-hybridized carbons (Fsp3) is 0.545. The lowest BCUT2D eigenvalue weighted by atomic mass is 9.89. The molecular formula is C22H26N4O3. The molecule has 7 heteroatoms. The highest BCUT2D eigenvalue weighted by Gasteiger charge is 2.47. The topological polar surface area (TPSA) is 103 Å². The number of nitrogens with zero attached hydrogens (tertiary/aromatic N) is 4. The van der Waals surface area contributed by atoms with Gasteiger partial charge in [-0.15, -0.1) is 0 Å². The first-order valence-corrected chi connectivity index (χ1v) is 10.1. The predicted molar refractivity (Wildman–Crippen MR) is 105 cm³/mol. The van der Waals surface area contributed by atoms with Crippen LogP contribution in [0.25, 0.3) is 0 Å². The van der Waals surface area contributed by atoms with Crippen molar-refractivity contribution in [1.29, 1.82) is 5.26 Å². The maximum Gasteiger partial charge on any atom is 0.258 e. The largest absolute Gasteiger partial charge is 0.381 e. The number of carbonyl (C=O) groups is 1. The Balaban J connectivity index is 1.59. The van der Waals surface area contributed by atoms with Crippen LogP contribution in [-0.4, -0.2) is 38.6 Å². The molecule has 152 valence electrons. The van der Waals surface area contributed by atoms with Gasteiger partial charge in [-0.05, 0) is 58.1 Å². The lowest BCUT2D eigenvalue weighted by Crippen LogP contribution is -2.45. The summed E-state index contributed by atoms with van der Waals surface area (Å²) in [5.74, 6) is 0.605. The first kappa shape index (κ1) is 19.6. The molecule has 1 N–H and O–H groups in total. The van der Waals surface area contributed by atoms with E-state index in [0.29, 0.717) is 17.9 Å². The Morgan fingerprint density at radius 2 is 2.07 bits per heavy atom. The minimum Gasteiger partial charge on any atom is -0.381 e. The summed E-state index contributed by atoms with van der Waals surface area (Å²) in [5, 5.41) is 23.7. The Bertz CT molecular complexity index is 965. The lowest BCUT2D eigenvalue weighted by Gasteiger charge is -2.37. The summed E-state index contributed by atoms with van der Waals surface area (Å²) in [6.45, 7) is 5.73. The molecule has 29 heavy (non-hydrogen) atoms. The van der Waals surface area contributed by atoms with E-state index in [-0.39, 0.29) is 23.8 Å². The van der Waals surface area contributed by atoms with E-state index in [2.05, 4.69) is 16.2 Å². The van der Waals surface area contributed by atoms with E-state index in [1.54, 1.807) is 13.8 Å². The monoisotopic (exact) mass is 394 g/mol. The second-order valence-corrected chi connectivity index (χ2v) is 8.84. The van der Waals surface area contributed by atoms with Gasteiger partial charge in [0.15, 0.2) is 5.82 Å². The Morgan fingerprint density at radius 3 is 2.69 bits per heavy atom. The number of rotatable bonds is 4. The zero-order valence-electron chi connectivity index (χ0n) is 17.1. The van der Waals surface area contributed by atoms with E-state index in [1.165, 1.54) is 0 Å². The molecule has 2 heterocycles. The standard InChI is InChI=1S/C22H26N4O3/c1-14-8-9-15(18-24-20(29-25-18)21(2,3)28)12-26(14)19(27)16-6-4-5-7-17(16)22(13-23)10-11-22/h4-7,14-15,28H,8-12H2,1-3H3/t14-,15-/m1/s1. The molecule has 1 aliphatic heterocycles. The minimum atomic E-state index is -1.20. The SMILES string of the molecule is C[C@@H]1CC[C@@H](c2noc(C(C)(C)O)n2)CN1C(=O)c1ccccc1C1(C#N)CC1. The normalized spacial score (nSPS) is 23.5. The van der Waals surface area contributed by atoms with Crippen molar-refractivity contribution in [2.75, 3.05) is 6.54 Å². The first-order chi connectivity index (χ1) is 13.7. The molecule has 2 aliphatic rings. The lowest BCUT2D eigenvalue weighted by molar-refractivity contribution is 0.0420. The summed E-state index contributed by atoms with van der Waals surface area (Å²) in [4.78, 5) is 19.7. The average Bonchev–Trinajstić information content (AvgIpc) is 3.34. The van der Waals surface area contributed by atoms with Crippen LogP contribution in [0.1, 0.15) is 80.0 Å². The molecule has 0 radical (unpaired) electrons. The number of benzene rings is 1. The van der Waals surface area contributed by atoms with Gasteiger partial charge in [0.1, 0.15) is 5.60 Å². The van der Waals surface area contributed by atoms with E-state index in [9.17, 15) is 15.2 Å². The van der Waals surface area contributed by atoms with Crippen LogP contribution in [0.5, 0.6) is 0 Å². The number of piperidine rings is 1. The summed E-state index contributed by atoms with van der Waals surface area (Å²) < 4.78 is 5.23. The molecular weight excluding hydrogens is 368 g/mol. The third-order valence-corrected chi connectivity index (χ3v) is 6.11. The van der Waals surface area contributed by atoms with Crippen LogP contribution < -0.4 is 0 Å². The smallest absolute Gasteiger partial charge is 0.258 e. The first-order valence-electron chi connectivity index (χ1n) is 10.1. The van der Waals surface area contributed by atoms with E-state index < -0.39 is 11.0 Å². The number of amides is 1. The number of likely N-dealkylation sites (tertiary alicyclic amines) is 1. The van der Waals surface area contributed by atoms with Crippen LogP contribution >= 0.6 is 0 Å². The third kappa shape index (κ3) is 3.53. The van der Waals surface area contributed by atoms with Crippen molar-refractivity contribution < 1.29 is 14.4 Å². The quantitative estimate of drug-likeness (QED) is 0.854. The van der Waals surface area contributed by atoms with Gasteiger partial charge in [-0.2, -0.15) is 10.2 Å². The van der Waals surface area contributed by atoms with Crippen LogP contribution in [-0.2, 0) is 11.0 Å². The Morgan fingerprint density at radius 1 is 1.34 bits per heavy atom. The van der Waals surface area contributed by atoms with E-state index in [4.69, 9.17) is 4.52 Å². The molecule has 1 amide bonds. The summed E-state index contributed by atoms with van der Waals surface area (Å²) >= 11 is 0. The number of hydrogen-bond donors (Lipinski definition) is 1.